The monoisotopic (exact) mass is 313 g/mol. The number of ether oxygens (including phenoxy) is 2. The number of benzene rings is 1. The lowest BCUT2D eigenvalue weighted by Crippen LogP contribution is -2.54. The Hall–Kier alpha value is -1.16. The van der Waals surface area contributed by atoms with E-state index >= 15 is 0 Å². The van der Waals surface area contributed by atoms with Crippen molar-refractivity contribution in [1.29, 1.82) is 0 Å². The van der Waals surface area contributed by atoms with Crippen molar-refractivity contribution >= 4 is 0 Å². The zero-order valence-corrected chi connectivity index (χ0v) is 14.0. The van der Waals surface area contributed by atoms with E-state index in [1.54, 1.807) is 0 Å². The van der Waals surface area contributed by atoms with Crippen molar-refractivity contribution < 1.29 is 9.47 Å². The molecule has 0 unspecified atom stereocenters. The van der Waals surface area contributed by atoms with Crippen LogP contribution in [0.25, 0.3) is 0 Å². The van der Waals surface area contributed by atoms with Gasteiger partial charge in [0.05, 0.1) is 12.7 Å². The van der Waals surface area contributed by atoms with Crippen molar-refractivity contribution in [2.45, 2.75) is 50.0 Å². The van der Waals surface area contributed by atoms with Crippen molar-refractivity contribution in [2.24, 2.45) is 5.92 Å². The molecule has 0 saturated carbocycles. The molecule has 4 rings (SSSR count). The van der Waals surface area contributed by atoms with Crippen molar-refractivity contribution in [3.63, 3.8) is 0 Å². The van der Waals surface area contributed by atoms with Crippen LogP contribution in [0.5, 0.6) is 0 Å². The molecule has 3 aliphatic rings. The van der Waals surface area contributed by atoms with Gasteiger partial charge < -0.3 is 9.47 Å². The standard InChI is InChI=1S/C20H27NO2/c1-22-20-11-10-18(23-15-16-7-3-2-4-8-16)17-9-5-6-13-21(14-12-20)19(17)20/h2-4,7-8,10-11,17-19H,5-6,9,12-15H2,1H3/t17-,18+,19+,20-/m0/s1. The average Bonchev–Trinajstić information content (AvgIpc) is 2.83. The quantitative estimate of drug-likeness (QED) is 0.795. The van der Waals surface area contributed by atoms with E-state index in [-0.39, 0.29) is 11.7 Å². The third-order valence-corrected chi connectivity index (χ3v) is 5.98. The molecule has 0 radical (unpaired) electrons. The van der Waals surface area contributed by atoms with Crippen LogP contribution in [0.2, 0.25) is 0 Å². The fourth-order valence-corrected chi connectivity index (χ4v) is 4.81. The van der Waals surface area contributed by atoms with Crippen LogP contribution in [-0.4, -0.2) is 42.8 Å². The van der Waals surface area contributed by atoms with Gasteiger partial charge in [-0.25, -0.2) is 0 Å². The van der Waals surface area contributed by atoms with Crippen LogP contribution in [0.4, 0.5) is 0 Å². The molecule has 0 aromatic heterocycles. The van der Waals surface area contributed by atoms with E-state index in [0.717, 1.165) is 13.0 Å². The molecule has 2 fully saturated rings. The minimum Gasteiger partial charge on any atom is -0.372 e. The van der Waals surface area contributed by atoms with Gasteiger partial charge in [-0.05, 0) is 31.4 Å². The molecule has 2 heterocycles. The summed E-state index contributed by atoms with van der Waals surface area (Å²) in [6, 6.07) is 11.0. The molecule has 3 nitrogen and oxygen atoms in total. The molecular formula is C20H27NO2. The Bertz CT molecular complexity index is 558. The average molecular weight is 313 g/mol. The summed E-state index contributed by atoms with van der Waals surface area (Å²) in [5.41, 5.74) is 1.17. The summed E-state index contributed by atoms with van der Waals surface area (Å²) in [4.78, 5) is 2.66. The summed E-state index contributed by atoms with van der Waals surface area (Å²) >= 11 is 0. The second-order valence-corrected chi connectivity index (χ2v) is 7.17. The molecule has 0 bridgehead atoms. The first kappa shape index (κ1) is 15.4. The largest absolute Gasteiger partial charge is 0.372 e. The van der Waals surface area contributed by atoms with Gasteiger partial charge in [0.15, 0.2) is 0 Å². The van der Waals surface area contributed by atoms with E-state index < -0.39 is 0 Å². The molecular weight excluding hydrogens is 286 g/mol. The van der Waals surface area contributed by atoms with Gasteiger partial charge in [0.2, 0.25) is 0 Å². The summed E-state index contributed by atoms with van der Waals surface area (Å²) < 4.78 is 12.4. The Morgan fingerprint density at radius 2 is 2.04 bits per heavy atom. The highest BCUT2D eigenvalue weighted by atomic mass is 16.5. The number of nitrogens with zero attached hydrogens (tertiary/aromatic N) is 1. The smallest absolute Gasteiger partial charge is 0.103 e. The zero-order chi connectivity index (χ0) is 15.7. The fraction of sp³-hybridized carbons (Fsp3) is 0.600. The predicted molar refractivity (Wildman–Crippen MR) is 91.2 cm³/mol. The van der Waals surface area contributed by atoms with Crippen molar-refractivity contribution in [3.8, 4) is 0 Å². The lowest BCUT2D eigenvalue weighted by atomic mass is 9.75. The van der Waals surface area contributed by atoms with Gasteiger partial charge in [0, 0.05) is 25.6 Å². The molecule has 0 amide bonds. The predicted octanol–water partition coefficient (Wildman–Crippen LogP) is 3.40. The maximum atomic E-state index is 6.34. The van der Waals surface area contributed by atoms with Gasteiger partial charge in [0.1, 0.15) is 5.60 Å². The first-order valence-corrected chi connectivity index (χ1v) is 8.96. The highest BCUT2D eigenvalue weighted by molar-refractivity contribution is 5.23. The number of methoxy groups -OCH3 is 1. The van der Waals surface area contributed by atoms with Gasteiger partial charge in [-0.2, -0.15) is 0 Å². The Labute approximate surface area is 139 Å². The Kier molecular flexibility index (Phi) is 4.27. The van der Waals surface area contributed by atoms with Crippen LogP contribution in [0.3, 0.4) is 0 Å². The molecule has 1 aromatic rings. The van der Waals surface area contributed by atoms with Crippen LogP contribution in [0, 0.1) is 5.92 Å². The normalized spacial score (nSPS) is 36.7. The fourth-order valence-electron chi connectivity index (χ4n) is 4.81. The number of hydrogen-bond donors (Lipinski definition) is 0. The lowest BCUT2D eigenvalue weighted by Gasteiger charge is -2.44. The summed E-state index contributed by atoms with van der Waals surface area (Å²) in [6.45, 7) is 3.06. The molecule has 3 heteroatoms. The number of hydrogen-bond acceptors (Lipinski definition) is 3. The number of rotatable bonds is 4. The van der Waals surface area contributed by atoms with Gasteiger partial charge in [0.25, 0.3) is 0 Å². The van der Waals surface area contributed by atoms with Gasteiger partial charge in [-0.3, -0.25) is 4.90 Å². The van der Waals surface area contributed by atoms with Crippen molar-refractivity contribution in [1.82, 2.24) is 4.90 Å². The Morgan fingerprint density at radius 3 is 2.87 bits per heavy atom. The topological polar surface area (TPSA) is 21.7 Å². The lowest BCUT2D eigenvalue weighted by molar-refractivity contribution is -0.0696. The Morgan fingerprint density at radius 1 is 1.17 bits per heavy atom. The highest BCUT2D eigenvalue weighted by Crippen LogP contribution is 2.45. The van der Waals surface area contributed by atoms with Gasteiger partial charge in [-0.1, -0.05) is 48.9 Å². The zero-order valence-electron chi connectivity index (χ0n) is 14.0. The third-order valence-electron chi connectivity index (χ3n) is 5.98. The molecule has 2 saturated heterocycles. The van der Waals surface area contributed by atoms with Crippen molar-refractivity contribution in [3.05, 3.63) is 48.0 Å². The molecule has 0 spiro atoms. The van der Waals surface area contributed by atoms with E-state index in [9.17, 15) is 0 Å². The summed E-state index contributed by atoms with van der Waals surface area (Å²) in [7, 11) is 1.88. The molecule has 2 aliphatic heterocycles. The summed E-state index contributed by atoms with van der Waals surface area (Å²) in [6.07, 6.45) is 9.76. The molecule has 1 aromatic carbocycles. The van der Waals surface area contributed by atoms with Crippen LogP contribution < -0.4 is 0 Å². The first-order chi connectivity index (χ1) is 11.3. The van der Waals surface area contributed by atoms with E-state index in [4.69, 9.17) is 9.47 Å². The summed E-state index contributed by atoms with van der Waals surface area (Å²) in [5, 5.41) is 0. The van der Waals surface area contributed by atoms with Gasteiger partial charge >= 0.3 is 0 Å². The molecule has 23 heavy (non-hydrogen) atoms. The highest BCUT2D eigenvalue weighted by Gasteiger charge is 2.54. The second kappa shape index (κ2) is 6.39. The van der Waals surface area contributed by atoms with Crippen LogP contribution in [0.15, 0.2) is 42.5 Å². The van der Waals surface area contributed by atoms with E-state index in [2.05, 4.69) is 47.4 Å². The van der Waals surface area contributed by atoms with Gasteiger partial charge in [-0.15, -0.1) is 0 Å². The SMILES string of the molecule is CO[C@@]12C=C[C@@H](OCc3ccccc3)[C@@H]3CCCCN(CC1)[C@H]32. The summed E-state index contributed by atoms with van der Waals surface area (Å²) in [5.74, 6) is 0.550. The maximum absolute atomic E-state index is 6.34. The van der Waals surface area contributed by atoms with Crippen molar-refractivity contribution in [2.75, 3.05) is 20.2 Å². The molecule has 1 aliphatic carbocycles. The first-order valence-electron chi connectivity index (χ1n) is 8.96. The Balaban J connectivity index is 1.55. The minimum absolute atomic E-state index is 0.0817. The van der Waals surface area contributed by atoms with E-state index in [1.807, 2.05) is 7.11 Å². The molecule has 0 N–H and O–H groups in total. The third kappa shape index (κ3) is 2.75. The molecule has 124 valence electrons. The van der Waals surface area contributed by atoms with Crippen LogP contribution in [0.1, 0.15) is 31.2 Å². The van der Waals surface area contributed by atoms with Crippen LogP contribution >= 0.6 is 0 Å². The van der Waals surface area contributed by atoms with Crippen LogP contribution in [-0.2, 0) is 16.1 Å². The second-order valence-electron chi connectivity index (χ2n) is 7.17. The molecule has 4 atom stereocenters. The van der Waals surface area contributed by atoms with E-state index in [1.165, 1.54) is 31.4 Å². The maximum Gasteiger partial charge on any atom is 0.103 e. The minimum atomic E-state index is -0.0817. The van der Waals surface area contributed by atoms with E-state index in [0.29, 0.717) is 18.6 Å².